The highest BCUT2D eigenvalue weighted by molar-refractivity contribution is 8.13. The van der Waals surface area contributed by atoms with Gasteiger partial charge in [-0.2, -0.15) is 0 Å². The lowest BCUT2D eigenvalue weighted by molar-refractivity contribution is -0.268. The molecule has 5 rings (SSSR count). The Morgan fingerprint density at radius 3 is 2.15 bits per heavy atom. The number of hydrogen-bond acceptors (Lipinski definition) is 13. The molecule has 2 aliphatic heterocycles. The van der Waals surface area contributed by atoms with E-state index in [0.717, 1.165) is 33.8 Å². The SMILES string of the molecule is CC(=O)OC[C@H]1O[C@@H](n2c(O)c(C3=c4cc(S(=O)(=O)Cl)ccc4=NC3=O)c3ccccc32)[C@H](OC(C)=O)[C@@H](OC(C)=O)[C@@H]1OC(C)=O. The largest absolute Gasteiger partial charge is 0.494 e. The summed E-state index contributed by atoms with van der Waals surface area (Å²) in [5.74, 6) is -4.67. The van der Waals surface area contributed by atoms with Gasteiger partial charge >= 0.3 is 23.9 Å². The lowest BCUT2D eigenvalue weighted by Crippen LogP contribution is -2.60. The number of rotatable bonds is 8. The van der Waals surface area contributed by atoms with Crippen LogP contribution in [0.2, 0.25) is 0 Å². The topological polar surface area (TPSA) is 203 Å². The summed E-state index contributed by atoms with van der Waals surface area (Å²) in [6.45, 7) is 3.83. The van der Waals surface area contributed by atoms with Crippen molar-refractivity contribution in [2.24, 2.45) is 4.99 Å². The van der Waals surface area contributed by atoms with Crippen LogP contribution in [-0.4, -0.2) is 78.9 Å². The van der Waals surface area contributed by atoms with Crippen LogP contribution in [0.5, 0.6) is 5.88 Å². The van der Waals surface area contributed by atoms with E-state index in [-0.39, 0.29) is 37.5 Å². The molecular formula is C30H27ClN2O13S. The normalized spacial score (nSPS) is 22.3. The number of hydrogen-bond donors (Lipinski definition) is 1. The van der Waals surface area contributed by atoms with E-state index in [4.69, 9.17) is 34.4 Å². The number of nitrogens with zero attached hydrogens (tertiary/aromatic N) is 2. The highest BCUT2D eigenvalue weighted by atomic mass is 35.7. The van der Waals surface area contributed by atoms with Crippen molar-refractivity contribution in [1.82, 2.24) is 4.57 Å². The second-order valence-electron chi connectivity index (χ2n) is 10.6. The molecule has 0 aliphatic carbocycles. The van der Waals surface area contributed by atoms with Crippen LogP contribution in [0.25, 0.3) is 16.5 Å². The lowest BCUT2D eigenvalue weighted by Gasteiger charge is -2.45. The van der Waals surface area contributed by atoms with Crippen molar-refractivity contribution in [3.05, 3.63) is 58.6 Å². The Balaban J connectivity index is 1.79. The Morgan fingerprint density at radius 2 is 1.53 bits per heavy atom. The van der Waals surface area contributed by atoms with E-state index in [9.17, 15) is 37.5 Å². The van der Waals surface area contributed by atoms with Crippen LogP contribution in [0.3, 0.4) is 0 Å². The van der Waals surface area contributed by atoms with Crippen molar-refractivity contribution in [2.45, 2.75) is 63.2 Å². The Labute approximate surface area is 270 Å². The first kappa shape index (κ1) is 33.6. The highest BCUT2D eigenvalue weighted by Gasteiger charge is 2.54. The van der Waals surface area contributed by atoms with E-state index in [1.807, 2.05) is 0 Å². The minimum Gasteiger partial charge on any atom is -0.494 e. The molecule has 1 amide bonds. The molecule has 0 spiro atoms. The van der Waals surface area contributed by atoms with Crippen molar-refractivity contribution in [2.75, 3.05) is 6.61 Å². The van der Waals surface area contributed by atoms with E-state index in [0.29, 0.717) is 0 Å². The Bertz CT molecular complexity index is 2070. The second kappa shape index (κ2) is 12.8. The number of esters is 4. The van der Waals surface area contributed by atoms with Crippen LogP contribution in [0, 0.1) is 0 Å². The van der Waals surface area contributed by atoms with Crippen LogP contribution < -0.4 is 10.6 Å². The zero-order valence-corrected chi connectivity index (χ0v) is 26.7. The van der Waals surface area contributed by atoms with Crippen molar-refractivity contribution in [3.8, 4) is 5.88 Å². The van der Waals surface area contributed by atoms with E-state index in [1.54, 1.807) is 24.3 Å². The van der Waals surface area contributed by atoms with Gasteiger partial charge in [0, 0.05) is 49.0 Å². The molecule has 3 heterocycles. The maximum Gasteiger partial charge on any atom is 0.303 e. The molecule has 2 aliphatic rings. The maximum atomic E-state index is 13.3. The van der Waals surface area contributed by atoms with Gasteiger partial charge in [0.25, 0.3) is 15.0 Å². The summed E-state index contributed by atoms with van der Waals surface area (Å²) in [6, 6.07) is 9.95. The number of amides is 1. The molecule has 15 nitrogen and oxygen atoms in total. The number of carbonyl (C=O) groups excluding carboxylic acids is 5. The molecule has 3 aromatic rings. The molecule has 0 bridgehead atoms. The van der Waals surface area contributed by atoms with E-state index in [2.05, 4.69) is 4.99 Å². The first-order chi connectivity index (χ1) is 22.1. The number of carbonyl (C=O) groups is 5. The number of halogens is 1. The van der Waals surface area contributed by atoms with Gasteiger partial charge in [0.05, 0.1) is 26.9 Å². The fraction of sp³-hybridized carbons (Fsp3) is 0.333. The van der Waals surface area contributed by atoms with Crippen LogP contribution in [0.1, 0.15) is 39.5 Å². The fourth-order valence-corrected chi connectivity index (χ4v) is 6.43. The molecule has 248 valence electrons. The summed E-state index contributed by atoms with van der Waals surface area (Å²) in [7, 11) is 1.35. The fourth-order valence-electron chi connectivity index (χ4n) is 5.65. The third kappa shape index (κ3) is 6.57. The molecule has 1 saturated heterocycles. The smallest absolute Gasteiger partial charge is 0.303 e. The summed E-state index contributed by atoms with van der Waals surface area (Å²) < 4.78 is 53.4. The van der Waals surface area contributed by atoms with Crippen LogP contribution in [-0.2, 0) is 56.7 Å². The van der Waals surface area contributed by atoms with E-state index in [1.165, 1.54) is 16.7 Å². The molecule has 0 radical (unpaired) electrons. The maximum absolute atomic E-state index is 13.3. The third-order valence-corrected chi connectivity index (χ3v) is 8.66. The molecule has 0 unspecified atom stereocenters. The zero-order chi connectivity index (χ0) is 34.4. The molecular weight excluding hydrogens is 664 g/mol. The Kier molecular flexibility index (Phi) is 9.12. The van der Waals surface area contributed by atoms with Crippen LogP contribution in [0.4, 0.5) is 0 Å². The summed E-state index contributed by atoms with van der Waals surface area (Å²) in [6.07, 6.45) is -7.47. The lowest BCUT2D eigenvalue weighted by atomic mass is 9.97. The molecule has 1 fully saturated rings. The average Bonchev–Trinajstić information content (AvgIpc) is 3.44. The number of benzene rings is 2. The summed E-state index contributed by atoms with van der Waals surface area (Å²) in [5.41, 5.74) is -0.0268. The molecule has 5 atom stereocenters. The number of para-hydroxylation sites is 1. The van der Waals surface area contributed by atoms with Gasteiger partial charge in [-0.1, -0.05) is 18.2 Å². The van der Waals surface area contributed by atoms with Gasteiger partial charge in [-0.25, -0.2) is 13.4 Å². The van der Waals surface area contributed by atoms with Gasteiger partial charge < -0.3 is 28.8 Å². The van der Waals surface area contributed by atoms with Crippen molar-refractivity contribution in [1.29, 1.82) is 0 Å². The van der Waals surface area contributed by atoms with Gasteiger partial charge in [-0.3, -0.25) is 28.5 Å². The number of fused-ring (bicyclic) bond motifs is 2. The number of aromatic nitrogens is 1. The van der Waals surface area contributed by atoms with E-state index >= 15 is 0 Å². The molecule has 1 aromatic heterocycles. The van der Waals surface area contributed by atoms with Crippen molar-refractivity contribution in [3.63, 3.8) is 0 Å². The quantitative estimate of drug-likeness (QED) is 0.198. The number of ether oxygens (including phenoxy) is 5. The molecule has 47 heavy (non-hydrogen) atoms. The Hall–Kier alpha value is -4.80. The van der Waals surface area contributed by atoms with Crippen LogP contribution >= 0.6 is 10.7 Å². The molecule has 0 saturated carbocycles. The first-order valence-corrected chi connectivity index (χ1v) is 16.2. The summed E-state index contributed by atoms with van der Waals surface area (Å²) in [5, 5.41) is 12.4. The van der Waals surface area contributed by atoms with Gasteiger partial charge in [0.15, 0.2) is 24.5 Å². The predicted molar refractivity (Wildman–Crippen MR) is 159 cm³/mol. The van der Waals surface area contributed by atoms with Crippen LogP contribution in [0.15, 0.2) is 52.4 Å². The molecule has 17 heteroatoms. The average molecular weight is 691 g/mol. The van der Waals surface area contributed by atoms with Crippen molar-refractivity contribution < 1.29 is 61.2 Å². The third-order valence-electron chi connectivity index (χ3n) is 7.31. The van der Waals surface area contributed by atoms with E-state index < -0.39 is 82.0 Å². The zero-order valence-electron chi connectivity index (χ0n) is 25.2. The minimum absolute atomic E-state index is 0.0662. The van der Waals surface area contributed by atoms with Gasteiger partial charge in [0.2, 0.25) is 5.88 Å². The van der Waals surface area contributed by atoms with Gasteiger partial charge in [-0.05, 0) is 24.3 Å². The second-order valence-corrected chi connectivity index (χ2v) is 13.2. The minimum atomic E-state index is -4.22. The standard InChI is InChI=1S/C30H27ClN2O13S/c1-13(34)42-12-22-25(43-14(2)35)26(44-15(3)36)27(45-16(4)37)30(46-22)33-21-8-6-5-7-18(21)24(29(33)39)23-19-11-17(47(31,40)41)9-10-20(19)32-28(23)38/h5-11,22,25-27,30,39H,12H2,1-4H3/t22-,25-,26+,27-,30-/m1/s1. The Morgan fingerprint density at radius 1 is 0.915 bits per heavy atom. The summed E-state index contributed by atoms with van der Waals surface area (Å²) in [4.78, 5) is 65.6. The molecule has 2 aromatic carbocycles. The van der Waals surface area contributed by atoms with Crippen molar-refractivity contribution >= 4 is 66.0 Å². The number of aromatic hydroxyl groups is 1. The van der Waals surface area contributed by atoms with Gasteiger partial charge in [0.1, 0.15) is 12.7 Å². The highest BCUT2D eigenvalue weighted by Crippen LogP contribution is 2.44. The first-order valence-electron chi connectivity index (χ1n) is 13.9. The summed E-state index contributed by atoms with van der Waals surface area (Å²) >= 11 is 0. The van der Waals surface area contributed by atoms with Gasteiger partial charge in [-0.15, -0.1) is 0 Å². The predicted octanol–water partition coefficient (Wildman–Crippen LogP) is 0.889. The monoisotopic (exact) mass is 690 g/mol. The molecule has 1 N–H and O–H groups in total.